The van der Waals surface area contributed by atoms with Crippen molar-refractivity contribution in [3.05, 3.63) is 77.6 Å². The third kappa shape index (κ3) is 6.56. The quantitative estimate of drug-likeness (QED) is 0.464. The third-order valence-corrected chi connectivity index (χ3v) is 7.19. The lowest BCUT2D eigenvalue weighted by molar-refractivity contribution is -0.115. The largest absolute Gasteiger partial charge is 0.343 e. The predicted octanol–water partition coefficient (Wildman–Crippen LogP) is 4.12. The summed E-state index contributed by atoms with van der Waals surface area (Å²) >= 11 is 7.27. The molecule has 0 saturated carbocycles. The molecule has 1 aromatic carbocycles. The molecule has 2 amide bonds. The van der Waals surface area contributed by atoms with Gasteiger partial charge >= 0.3 is 0 Å². The number of hydrogen-bond acceptors (Lipinski definition) is 7. The molecule has 36 heavy (non-hydrogen) atoms. The number of allylic oxidation sites excluding steroid dienone is 3. The van der Waals surface area contributed by atoms with Crippen LogP contribution in [0.2, 0.25) is 0 Å². The van der Waals surface area contributed by atoms with Crippen molar-refractivity contribution in [3.63, 3.8) is 0 Å². The number of halogens is 1. The van der Waals surface area contributed by atoms with E-state index in [1.54, 1.807) is 6.20 Å². The smallest absolute Gasteiger partial charge is 0.253 e. The van der Waals surface area contributed by atoms with Gasteiger partial charge in [-0.1, -0.05) is 35.9 Å². The molecule has 186 valence electrons. The normalized spacial score (nSPS) is 17.6. The fourth-order valence-electron chi connectivity index (χ4n) is 3.36. The van der Waals surface area contributed by atoms with E-state index >= 15 is 0 Å². The van der Waals surface area contributed by atoms with Gasteiger partial charge in [-0.3, -0.25) is 13.6 Å². The molecular formula is C24H22ClN5O4S2. The van der Waals surface area contributed by atoms with Crippen LogP contribution in [0.15, 0.2) is 71.4 Å². The van der Waals surface area contributed by atoms with Crippen LogP contribution in [0, 0.1) is 0 Å². The van der Waals surface area contributed by atoms with Crippen LogP contribution < -0.4 is 10.6 Å². The van der Waals surface area contributed by atoms with Gasteiger partial charge in [0.05, 0.1) is 24.1 Å². The minimum absolute atomic E-state index is 0.133. The number of thiazole rings is 1. The minimum atomic E-state index is -3.49. The molecule has 12 heteroatoms. The Bertz CT molecular complexity index is 1500. The average molecular weight is 544 g/mol. The van der Waals surface area contributed by atoms with Crippen molar-refractivity contribution in [1.82, 2.24) is 14.3 Å². The van der Waals surface area contributed by atoms with Gasteiger partial charge in [0.1, 0.15) is 5.17 Å². The highest BCUT2D eigenvalue weighted by atomic mass is 35.5. The molecule has 3 heterocycles. The second-order valence-electron chi connectivity index (χ2n) is 7.86. The topological polar surface area (TPSA) is 123 Å². The first kappa shape index (κ1) is 25.5. The van der Waals surface area contributed by atoms with Crippen LogP contribution in [0.3, 0.4) is 0 Å². The van der Waals surface area contributed by atoms with Gasteiger partial charge in [0.2, 0.25) is 15.9 Å². The number of amides is 2. The fourth-order valence-corrected chi connectivity index (χ4v) is 4.85. The molecule has 4 rings (SSSR count). The molecule has 0 atom stereocenters. The fraction of sp³-hybridized carbons (Fsp3) is 0.167. The van der Waals surface area contributed by atoms with E-state index in [0.29, 0.717) is 22.4 Å². The van der Waals surface area contributed by atoms with Gasteiger partial charge in [-0.25, -0.2) is 18.4 Å². The number of carbonyl (C=O) groups is 2. The Morgan fingerprint density at radius 1 is 1.22 bits per heavy atom. The summed E-state index contributed by atoms with van der Waals surface area (Å²) in [5.74, 6) is -1.01. The van der Waals surface area contributed by atoms with Crippen molar-refractivity contribution in [3.8, 4) is 11.3 Å². The first-order chi connectivity index (χ1) is 17.2. The molecule has 0 bridgehead atoms. The van der Waals surface area contributed by atoms with Gasteiger partial charge < -0.3 is 10.6 Å². The van der Waals surface area contributed by atoms with Crippen molar-refractivity contribution >= 4 is 60.7 Å². The number of hydrogen-bond donors (Lipinski definition) is 2. The Labute approximate surface area is 217 Å². The van der Waals surface area contributed by atoms with Gasteiger partial charge in [-0.2, -0.15) is 0 Å². The monoisotopic (exact) mass is 543 g/mol. The summed E-state index contributed by atoms with van der Waals surface area (Å²) in [6.07, 6.45) is 10.7. The number of nitrogens with one attached hydrogen (secondary N) is 2. The molecule has 0 radical (unpaired) electrons. The lowest BCUT2D eigenvalue weighted by Gasteiger charge is -2.07. The molecule has 9 nitrogen and oxygen atoms in total. The lowest BCUT2D eigenvalue weighted by Crippen LogP contribution is -2.32. The van der Waals surface area contributed by atoms with Crippen LogP contribution in [0.25, 0.3) is 16.8 Å². The standard InChI is InChI=1S/C24H22ClN5O4S2/c1-36(33,34)30-11-9-19(14-30)23(32)27-13-22(31)29-24-28-20(15-35-24)18-6-2-5-17(12-18)16-4-3-7-21(25)26-10-8-16/h2,4-6,8-12,14-15H,3,7,13H2,1H3,(H,27,32)(H,28,29,31)/b10-8-,16-4+,26-21-. The highest BCUT2D eigenvalue weighted by Crippen LogP contribution is 2.28. The molecule has 0 saturated heterocycles. The summed E-state index contributed by atoms with van der Waals surface area (Å²) in [4.78, 5) is 33.2. The molecular weight excluding hydrogens is 522 g/mol. The number of rotatable bonds is 7. The van der Waals surface area contributed by atoms with Gasteiger partial charge in [0.15, 0.2) is 5.13 Å². The Balaban J connectivity index is 1.37. The Morgan fingerprint density at radius 3 is 2.81 bits per heavy atom. The Hall–Kier alpha value is -3.54. The van der Waals surface area contributed by atoms with E-state index < -0.39 is 21.8 Å². The lowest BCUT2D eigenvalue weighted by atomic mass is 10.0. The highest BCUT2D eigenvalue weighted by Gasteiger charge is 2.14. The predicted molar refractivity (Wildman–Crippen MR) is 143 cm³/mol. The summed E-state index contributed by atoms with van der Waals surface area (Å²) in [6.45, 7) is -0.291. The number of anilines is 1. The first-order valence-corrected chi connectivity index (χ1v) is 13.9. The molecule has 1 aliphatic rings. The van der Waals surface area contributed by atoms with Crippen LogP contribution >= 0.6 is 22.9 Å². The summed E-state index contributed by atoms with van der Waals surface area (Å²) in [5.41, 5.74) is 3.79. The summed E-state index contributed by atoms with van der Waals surface area (Å²) in [5, 5.41) is 7.95. The van der Waals surface area contributed by atoms with Crippen LogP contribution in [0.4, 0.5) is 5.13 Å². The zero-order chi connectivity index (χ0) is 25.7. The minimum Gasteiger partial charge on any atom is -0.343 e. The Kier molecular flexibility index (Phi) is 7.82. The van der Waals surface area contributed by atoms with E-state index in [9.17, 15) is 18.0 Å². The average Bonchev–Trinajstić information content (AvgIpc) is 3.50. The van der Waals surface area contributed by atoms with Crippen LogP contribution in [0.1, 0.15) is 28.8 Å². The number of carbonyl (C=O) groups excluding carboxylic acids is 2. The van der Waals surface area contributed by atoms with Crippen LogP contribution in [0.5, 0.6) is 0 Å². The van der Waals surface area contributed by atoms with E-state index in [0.717, 1.165) is 33.3 Å². The van der Waals surface area contributed by atoms with Crippen molar-refractivity contribution in [2.45, 2.75) is 12.8 Å². The molecule has 0 aliphatic carbocycles. The maximum Gasteiger partial charge on any atom is 0.253 e. The van der Waals surface area contributed by atoms with Crippen molar-refractivity contribution in [2.75, 3.05) is 18.1 Å². The highest BCUT2D eigenvalue weighted by molar-refractivity contribution is 7.89. The van der Waals surface area contributed by atoms with E-state index in [1.165, 1.54) is 29.8 Å². The van der Waals surface area contributed by atoms with Gasteiger partial charge in [-0.05, 0) is 35.8 Å². The van der Waals surface area contributed by atoms with Crippen LogP contribution in [-0.2, 0) is 14.8 Å². The van der Waals surface area contributed by atoms with Crippen molar-refractivity contribution < 1.29 is 18.0 Å². The Morgan fingerprint density at radius 2 is 2.03 bits per heavy atom. The second kappa shape index (κ2) is 11.0. The first-order valence-electron chi connectivity index (χ1n) is 10.8. The molecule has 2 N–H and O–H groups in total. The van der Waals surface area contributed by atoms with E-state index in [4.69, 9.17) is 11.6 Å². The summed E-state index contributed by atoms with van der Waals surface area (Å²) < 4.78 is 24.0. The van der Waals surface area contributed by atoms with Gasteiger partial charge in [0, 0.05) is 36.0 Å². The van der Waals surface area contributed by atoms with Gasteiger partial charge in [0.25, 0.3) is 5.91 Å². The third-order valence-electron chi connectivity index (χ3n) is 5.15. The zero-order valence-electron chi connectivity index (χ0n) is 19.1. The molecule has 1 aliphatic heterocycles. The maximum absolute atomic E-state index is 12.3. The number of benzene rings is 1. The number of aliphatic imine (C=N–C) groups is 1. The molecule has 3 aromatic rings. The zero-order valence-corrected chi connectivity index (χ0v) is 21.5. The molecule has 2 aromatic heterocycles. The molecule has 0 spiro atoms. The number of nitrogens with zero attached hydrogens (tertiary/aromatic N) is 3. The van der Waals surface area contributed by atoms with Crippen molar-refractivity contribution in [2.24, 2.45) is 4.99 Å². The second-order valence-corrected chi connectivity index (χ2v) is 11.0. The summed E-state index contributed by atoms with van der Waals surface area (Å²) in [7, 11) is -3.49. The number of aromatic nitrogens is 2. The van der Waals surface area contributed by atoms with E-state index in [1.807, 2.05) is 35.7 Å². The SMILES string of the molecule is CS(=O)(=O)n1ccc(C(=O)NCC(=O)Nc2nc(-c3cccc(C4=C/CC/C(Cl)=N/C=C\4)c3)cs2)c1. The summed E-state index contributed by atoms with van der Waals surface area (Å²) in [6, 6.07) is 9.27. The van der Waals surface area contributed by atoms with Crippen molar-refractivity contribution in [1.29, 1.82) is 0 Å². The van der Waals surface area contributed by atoms with E-state index in [-0.39, 0.29) is 12.1 Å². The molecule has 0 fully saturated rings. The van der Waals surface area contributed by atoms with Crippen LogP contribution in [-0.4, -0.2) is 47.2 Å². The molecule has 0 unspecified atom stereocenters. The van der Waals surface area contributed by atoms with E-state index in [2.05, 4.69) is 26.7 Å². The van der Waals surface area contributed by atoms with Gasteiger partial charge in [-0.15, -0.1) is 11.3 Å². The maximum atomic E-state index is 12.3.